The van der Waals surface area contributed by atoms with Gasteiger partial charge in [0.25, 0.3) is 5.91 Å². The van der Waals surface area contributed by atoms with E-state index in [0.717, 1.165) is 48.2 Å². The topological polar surface area (TPSA) is 96.1 Å². The van der Waals surface area contributed by atoms with Gasteiger partial charge in [-0.1, -0.05) is 0 Å². The van der Waals surface area contributed by atoms with Gasteiger partial charge in [0.05, 0.1) is 34.0 Å². The van der Waals surface area contributed by atoms with Crippen LogP contribution in [-0.2, 0) is 7.05 Å². The van der Waals surface area contributed by atoms with E-state index >= 15 is 0 Å². The number of fused-ring (bicyclic) bond motifs is 3. The Morgan fingerprint density at radius 3 is 2.62 bits per heavy atom. The van der Waals surface area contributed by atoms with Crippen LogP contribution in [0.2, 0.25) is 0 Å². The standard InChI is InChI=1S/C21H23N7O/c1-26-5-7-28(8-6-26)14-3-4-15-18(9-14)25-20-16(21(22)29)10-17(24-19(15)20)13-11-23-27(2)12-13/h3-4,9-12,25H,5-8H2,1-2H3,(H2,22,29). The number of H-pyrrole nitrogens is 1. The van der Waals surface area contributed by atoms with E-state index in [0.29, 0.717) is 16.8 Å². The first-order valence-corrected chi connectivity index (χ1v) is 9.68. The van der Waals surface area contributed by atoms with Gasteiger partial charge in [0.15, 0.2) is 0 Å². The summed E-state index contributed by atoms with van der Waals surface area (Å²) in [5.74, 6) is -0.478. The van der Waals surface area contributed by atoms with Crippen LogP contribution in [0.1, 0.15) is 10.4 Å². The van der Waals surface area contributed by atoms with Crippen molar-refractivity contribution in [3.63, 3.8) is 0 Å². The number of nitrogens with zero attached hydrogens (tertiary/aromatic N) is 5. The monoisotopic (exact) mass is 389 g/mol. The number of piperazine rings is 1. The van der Waals surface area contributed by atoms with E-state index in [2.05, 4.69) is 45.1 Å². The normalized spacial score (nSPS) is 15.4. The SMILES string of the molecule is CN1CCN(c2ccc3c(c2)[nH]c2c(C(N)=O)cc(-c4cnn(C)c4)nc23)CC1. The maximum atomic E-state index is 12.2. The number of pyridine rings is 1. The number of nitrogens with one attached hydrogen (secondary N) is 1. The summed E-state index contributed by atoms with van der Waals surface area (Å²) in [4.78, 5) is 25.1. The summed E-state index contributed by atoms with van der Waals surface area (Å²) in [5.41, 5.74) is 11.2. The molecule has 1 saturated heterocycles. The predicted octanol–water partition coefficient (Wildman–Crippen LogP) is 1.97. The van der Waals surface area contributed by atoms with E-state index in [-0.39, 0.29) is 0 Å². The number of rotatable bonds is 3. The zero-order chi connectivity index (χ0) is 20.1. The molecule has 5 rings (SSSR count). The summed E-state index contributed by atoms with van der Waals surface area (Å²) < 4.78 is 1.71. The molecule has 1 aliphatic heterocycles. The molecule has 4 aromatic rings. The number of amides is 1. The highest BCUT2D eigenvalue weighted by Gasteiger charge is 2.19. The quantitative estimate of drug-likeness (QED) is 0.558. The molecule has 1 aromatic carbocycles. The number of aromatic nitrogens is 4. The Bertz CT molecular complexity index is 1230. The number of carbonyl (C=O) groups excluding carboxylic acids is 1. The second kappa shape index (κ2) is 6.59. The van der Waals surface area contributed by atoms with E-state index < -0.39 is 5.91 Å². The summed E-state index contributed by atoms with van der Waals surface area (Å²) in [6.07, 6.45) is 3.61. The lowest BCUT2D eigenvalue weighted by Crippen LogP contribution is -2.44. The number of nitrogens with two attached hydrogens (primary N) is 1. The summed E-state index contributed by atoms with van der Waals surface area (Å²) in [7, 11) is 4.00. The van der Waals surface area contributed by atoms with Crippen LogP contribution < -0.4 is 10.6 Å². The first-order chi connectivity index (χ1) is 14.0. The van der Waals surface area contributed by atoms with Gasteiger partial charge in [0, 0.05) is 56.1 Å². The third-order valence-corrected chi connectivity index (χ3v) is 5.67. The fourth-order valence-electron chi connectivity index (χ4n) is 4.00. The van der Waals surface area contributed by atoms with Gasteiger partial charge >= 0.3 is 0 Å². The van der Waals surface area contributed by atoms with Crippen LogP contribution in [0.4, 0.5) is 5.69 Å². The van der Waals surface area contributed by atoms with Crippen molar-refractivity contribution in [3.8, 4) is 11.3 Å². The minimum Gasteiger partial charge on any atom is -0.369 e. The molecule has 0 saturated carbocycles. The highest BCUT2D eigenvalue weighted by atomic mass is 16.1. The van der Waals surface area contributed by atoms with Crippen LogP contribution in [0.25, 0.3) is 33.2 Å². The molecule has 0 spiro atoms. The van der Waals surface area contributed by atoms with Gasteiger partial charge in [0.1, 0.15) is 0 Å². The first kappa shape index (κ1) is 17.7. The smallest absolute Gasteiger partial charge is 0.250 e. The molecular weight excluding hydrogens is 366 g/mol. The van der Waals surface area contributed by atoms with E-state index in [1.165, 1.54) is 5.69 Å². The molecule has 3 N–H and O–H groups in total. The van der Waals surface area contributed by atoms with Crippen LogP contribution in [0.3, 0.4) is 0 Å². The van der Waals surface area contributed by atoms with Gasteiger partial charge in [-0.05, 0) is 31.3 Å². The number of likely N-dealkylation sites (N-methyl/N-ethyl adjacent to an activating group) is 1. The molecule has 1 amide bonds. The second-order valence-corrected chi connectivity index (χ2v) is 7.69. The van der Waals surface area contributed by atoms with Gasteiger partial charge in [-0.15, -0.1) is 0 Å². The Kier molecular flexibility index (Phi) is 4.02. The number of aromatic amines is 1. The fraction of sp³-hybridized carbons (Fsp3) is 0.286. The molecule has 29 heavy (non-hydrogen) atoms. The van der Waals surface area contributed by atoms with Crippen molar-refractivity contribution in [1.29, 1.82) is 0 Å². The van der Waals surface area contributed by atoms with E-state index in [9.17, 15) is 4.79 Å². The molecule has 0 aliphatic carbocycles. The van der Waals surface area contributed by atoms with Gasteiger partial charge in [-0.3, -0.25) is 9.48 Å². The van der Waals surface area contributed by atoms with Crippen LogP contribution in [0.5, 0.6) is 0 Å². The highest BCUT2D eigenvalue weighted by Crippen LogP contribution is 2.32. The predicted molar refractivity (Wildman–Crippen MR) is 114 cm³/mol. The lowest BCUT2D eigenvalue weighted by atomic mass is 10.1. The van der Waals surface area contributed by atoms with Crippen molar-refractivity contribution in [3.05, 3.63) is 42.2 Å². The molecule has 0 bridgehead atoms. The minimum absolute atomic E-state index is 0.436. The van der Waals surface area contributed by atoms with Crippen LogP contribution >= 0.6 is 0 Å². The number of hydrogen-bond acceptors (Lipinski definition) is 5. The number of benzene rings is 1. The first-order valence-electron chi connectivity index (χ1n) is 9.68. The number of anilines is 1. The van der Waals surface area contributed by atoms with Gasteiger partial charge in [-0.2, -0.15) is 5.10 Å². The fourth-order valence-corrected chi connectivity index (χ4v) is 4.00. The number of aryl methyl sites for hydroxylation is 1. The molecule has 0 atom stereocenters. The highest BCUT2D eigenvalue weighted by molar-refractivity contribution is 6.14. The van der Waals surface area contributed by atoms with Crippen molar-refractivity contribution >= 4 is 33.5 Å². The third-order valence-electron chi connectivity index (χ3n) is 5.67. The summed E-state index contributed by atoms with van der Waals surface area (Å²) in [6, 6.07) is 8.07. The van der Waals surface area contributed by atoms with Crippen molar-refractivity contribution in [2.24, 2.45) is 12.8 Å². The van der Waals surface area contributed by atoms with Crippen LogP contribution in [0.15, 0.2) is 36.7 Å². The molecule has 148 valence electrons. The molecule has 0 radical (unpaired) electrons. The van der Waals surface area contributed by atoms with Crippen LogP contribution in [0, 0.1) is 0 Å². The molecule has 3 aromatic heterocycles. The molecule has 4 heterocycles. The van der Waals surface area contributed by atoms with E-state index in [1.54, 1.807) is 16.9 Å². The Morgan fingerprint density at radius 2 is 1.93 bits per heavy atom. The summed E-state index contributed by atoms with van der Waals surface area (Å²) >= 11 is 0. The largest absolute Gasteiger partial charge is 0.369 e. The van der Waals surface area contributed by atoms with Crippen molar-refractivity contribution < 1.29 is 4.79 Å². The third kappa shape index (κ3) is 3.01. The molecule has 8 heteroatoms. The number of primary amides is 1. The average Bonchev–Trinajstić information content (AvgIpc) is 3.30. The molecule has 1 fully saturated rings. The van der Waals surface area contributed by atoms with E-state index in [1.807, 2.05) is 13.2 Å². The lowest BCUT2D eigenvalue weighted by Gasteiger charge is -2.34. The molecule has 8 nitrogen and oxygen atoms in total. The Morgan fingerprint density at radius 1 is 1.14 bits per heavy atom. The van der Waals surface area contributed by atoms with Gasteiger partial charge < -0.3 is 20.5 Å². The maximum absolute atomic E-state index is 12.2. The van der Waals surface area contributed by atoms with Gasteiger partial charge in [-0.25, -0.2) is 4.98 Å². The van der Waals surface area contributed by atoms with Crippen molar-refractivity contribution in [2.75, 3.05) is 38.1 Å². The minimum atomic E-state index is -0.478. The summed E-state index contributed by atoms with van der Waals surface area (Å²) in [5, 5.41) is 5.19. The Labute approximate surface area is 167 Å². The Hall–Kier alpha value is -3.39. The van der Waals surface area contributed by atoms with Crippen molar-refractivity contribution in [2.45, 2.75) is 0 Å². The molecule has 0 unspecified atom stereocenters. The average molecular weight is 389 g/mol. The van der Waals surface area contributed by atoms with Gasteiger partial charge in [0.2, 0.25) is 0 Å². The Balaban J connectivity index is 1.66. The summed E-state index contributed by atoms with van der Waals surface area (Å²) in [6.45, 7) is 4.09. The van der Waals surface area contributed by atoms with Crippen molar-refractivity contribution in [1.82, 2.24) is 24.6 Å². The van der Waals surface area contributed by atoms with E-state index in [4.69, 9.17) is 10.7 Å². The molecular formula is C21H23N7O. The number of hydrogen-bond donors (Lipinski definition) is 2. The second-order valence-electron chi connectivity index (χ2n) is 7.69. The maximum Gasteiger partial charge on any atom is 0.250 e. The van der Waals surface area contributed by atoms with Crippen LogP contribution in [-0.4, -0.2) is 63.8 Å². The molecule has 1 aliphatic rings. The zero-order valence-corrected chi connectivity index (χ0v) is 16.5. The number of carbonyl (C=O) groups is 1. The zero-order valence-electron chi connectivity index (χ0n) is 16.5. The lowest BCUT2D eigenvalue weighted by molar-refractivity contribution is 0.100.